The fraction of sp³-hybridized carbons (Fsp3) is 0.855. The lowest BCUT2D eigenvalue weighted by molar-refractivity contribution is -0.257. The topological polar surface area (TPSA) is 280 Å². The Morgan fingerprint density at radius 2 is 0.770 bits per heavy atom. The number of amides is 6. The van der Waals surface area contributed by atoms with Crippen LogP contribution in [0.15, 0.2) is 12.3 Å². The molecular weight excluding hydrogens is 951 g/mol. The Bertz CT molecular complexity index is 2100. The zero-order valence-electron chi connectivity index (χ0n) is 46.1. The highest BCUT2D eigenvalue weighted by Crippen LogP contribution is 2.66. The average Bonchev–Trinajstić information content (AvgIpc) is 3.09. The van der Waals surface area contributed by atoms with Gasteiger partial charge in [-0.25, -0.2) is 0 Å². The highest BCUT2D eigenvalue weighted by atomic mass is 16.5. The van der Waals surface area contributed by atoms with E-state index in [0.29, 0.717) is 0 Å². The lowest BCUT2D eigenvalue weighted by atomic mass is 9.45. The Kier molecular flexibility index (Phi) is 14.0. The molecule has 0 unspecified atom stereocenters. The van der Waals surface area contributed by atoms with Crippen molar-refractivity contribution in [3.8, 4) is 0 Å². The van der Waals surface area contributed by atoms with Gasteiger partial charge in [-0.1, -0.05) is 6.58 Å². The molecule has 0 aliphatic heterocycles. The predicted molar refractivity (Wildman–Crippen MR) is 273 cm³/mol. The molecule has 10 N–H and O–H groups in total. The predicted octanol–water partition coefficient (Wildman–Crippen LogP) is 3.23. The first kappa shape index (κ1) is 56.3. The van der Waals surface area contributed by atoms with Crippen LogP contribution in [0, 0.1) is 5.92 Å². The number of hydrogen-bond acceptors (Lipinski definition) is 13. The van der Waals surface area contributed by atoms with Crippen LogP contribution in [0.4, 0.5) is 0 Å². The quantitative estimate of drug-likeness (QED) is 0.127. The Balaban J connectivity index is 0.000000115. The Morgan fingerprint density at radius 1 is 0.486 bits per heavy atom. The average molecular weight is 1040 g/mol. The van der Waals surface area contributed by atoms with E-state index in [-0.39, 0.29) is 91.0 Å². The molecule has 416 valence electrons. The van der Waals surface area contributed by atoms with Crippen LogP contribution in [0.1, 0.15) is 197 Å². The zero-order chi connectivity index (χ0) is 54.6. The molecule has 0 aromatic heterocycles. The van der Waals surface area contributed by atoms with E-state index in [2.05, 4.69) is 33.2 Å². The van der Waals surface area contributed by atoms with Crippen LogP contribution in [0.5, 0.6) is 0 Å². The maximum atomic E-state index is 11.0. The second kappa shape index (κ2) is 18.4. The first-order chi connectivity index (χ1) is 34.0. The summed E-state index contributed by atoms with van der Waals surface area (Å²) in [5.74, 6) is 2.14. The molecule has 21 rings (SSSR count). The lowest BCUT2D eigenvalue weighted by Gasteiger charge is -2.70. The maximum Gasteiger partial charge on any atom is 0.219 e. The number of nitrogens with one attached hydrogen (secondary N) is 5. The Hall–Kier alpha value is -3.88. The van der Waals surface area contributed by atoms with Crippen molar-refractivity contribution in [1.29, 1.82) is 0 Å². The van der Waals surface area contributed by atoms with Crippen LogP contribution in [-0.2, 0) is 43.0 Å². The first-order valence-electron chi connectivity index (χ1n) is 27.3. The van der Waals surface area contributed by atoms with Gasteiger partial charge >= 0.3 is 0 Å². The zero-order valence-corrected chi connectivity index (χ0v) is 46.1. The van der Waals surface area contributed by atoms with Crippen LogP contribution < -0.4 is 32.3 Å². The van der Waals surface area contributed by atoms with Gasteiger partial charge in [-0.05, 0) is 142 Å². The molecule has 6 amide bonds. The van der Waals surface area contributed by atoms with Gasteiger partial charge in [0, 0.05) is 109 Å². The molecule has 0 spiro atoms. The van der Waals surface area contributed by atoms with Crippen LogP contribution in [0.3, 0.4) is 0 Å². The summed E-state index contributed by atoms with van der Waals surface area (Å²) in [5, 5.41) is 42.7. The fourth-order valence-corrected chi connectivity index (χ4v) is 16.4. The molecule has 14 bridgehead atoms. The number of nitrogens with zero attached hydrogens (tertiary/aromatic N) is 1. The van der Waals surface area contributed by atoms with Gasteiger partial charge in [-0.15, -0.1) is 0 Å². The minimum Gasteiger partial charge on any atom is -0.492 e. The molecule has 0 radical (unpaired) electrons. The van der Waals surface area contributed by atoms with Crippen molar-refractivity contribution >= 4 is 35.4 Å². The van der Waals surface area contributed by atoms with Crippen molar-refractivity contribution in [3.05, 3.63) is 12.3 Å². The van der Waals surface area contributed by atoms with E-state index in [0.717, 1.165) is 140 Å². The number of hydrogen-bond donors (Lipinski definition) is 9. The van der Waals surface area contributed by atoms with Gasteiger partial charge in [-0.3, -0.25) is 28.8 Å². The van der Waals surface area contributed by atoms with Gasteiger partial charge in [0.15, 0.2) is 0 Å². The third kappa shape index (κ3) is 11.0. The molecule has 0 atom stereocenters. The highest BCUT2D eigenvalue weighted by molar-refractivity contribution is 5.77. The van der Waals surface area contributed by atoms with Crippen molar-refractivity contribution < 1.29 is 58.3 Å². The molecular formula is C55H89N7O12. The number of ether oxygens (including phenoxy) is 3. The van der Waals surface area contributed by atoms with E-state index in [1.807, 2.05) is 27.8 Å². The molecule has 0 heterocycles. The third-order valence-electron chi connectivity index (χ3n) is 18.7. The SMILES string of the molecule is C=C(C)OC12CC(NC(C)=O)(C1)C2.CC(=O)N(C)C12CC(O)(C1)C2.CC(=O)NC12CC(C1)C2.CC(=O)NC12CC(O)(C1)C2.CC(=O)NC12CC(O)(C1)C2.CCOC12CC(N)(C1)C2.CCOC12CC(NC(C)=O)(C1)C2. The maximum absolute atomic E-state index is 11.0. The van der Waals surface area contributed by atoms with Crippen molar-refractivity contribution in [3.63, 3.8) is 0 Å². The Morgan fingerprint density at radius 3 is 0.986 bits per heavy atom. The molecule has 19 heteroatoms. The van der Waals surface area contributed by atoms with E-state index in [1.165, 1.54) is 33.1 Å². The second-order valence-electron chi connectivity index (χ2n) is 27.0. The van der Waals surface area contributed by atoms with Crippen LogP contribution in [-0.4, -0.2) is 148 Å². The number of carbonyl (C=O) groups excluding carboxylic acids is 6. The number of carbonyl (C=O) groups is 6. The molecule has 21 fully saturated rings. The lowest BCUT2D eigenvalue weighted by Crippen LogP contribution is -2.79. The number of aliphatic hydroxyl groups is 3. The van der Waals surface area contributed by atoms with E-state index in [9.17, 15) is 44.1 Å². The summed E-state index contributed by atoms with van der Waals surface area (Å²) in [6.45, 7) is 20.6. The summed E-state index contributed by atoms with van der Waals surface area (Å²) in [4.78, 5) is 66.1. The van der Waals surface area contributed by atoms with E-state index < -0.39 is 16.8 Å². The molecule has 0 aromatic rings. The van der Waals surface area contributed by atoms with Crippen molar-refractivity contribution in [1.82, 2.24) is 31.5 Å². The molecule has 0 saturated heterocycles. The summed E-state index contributed by atoms with van der Waals surface area (Å²) in [6.07, 6.45) is 19.9. The summed E-state index contributed by atoms with van der Waals surface area (Å²) >= 11 is 0. The number of rotatable bonds is 12. The molecule has 74 heavy (non-hydrogen) atoms. The molecule has 21 saturated carbocycles. The molecule has 0 aromatic carbocycles. The monoisotopic (exact) mass is 1040 g/mol. The molecule has 19 nitrogen and oxygen atoms in total. The van der Waals surface area contributed by atoms with Crippen molar-refractivity contribution in [2.24, 2.45) is 11.7 Å². The van der Waals surface area contributed by atoms with Gasteiger partial charge in [0.1, 0.15) is 5.60 Å². The highest BCUT2D eigenvalue weighted by Gasteiger charge is 2.73. The summed E-state index contributed by atoms with van der Waals surface area (Å²) in [6, 6.07) is 0. The minimum absolute atomic E-state index is 0.000579. The van der Waals surface area contributed by atoms with Gasteiger partial charge in [0.25, 0.3) is 0 Å². The normalized spacial score (nSPS) is 46.0. The summed E-state index contributed by atoms with van der Waals surface area (Å²) in [5.41, 5.74) is 5.78. The van der Waals surface area contributed by atoms with Gasteiger partial charge in [0.2, 0.25) is 35.4 Å². The summed E-state index contributed by atoms with van der Waals surface area (Å²) in [7, 11) is 1.82. The van der Waals surface area contributed by atoms with Crippen LogP contribution in [0.25, 0.3) is 0 Å². The van der Waals surface area contributed by atoms with Gasteiger partial charge < -0.3 is 66.7 Å². The van der Waals surface area contributed by atoms with Crippen molar-refractivity contribution in [2.75, 3.05) is 20.3 Å². The first-order valence-corrected chi connectivity index (χ1v) is 27.3. The minimum atomic E-state index is -0.400. The van der Waals surface area contributed by atoms with E-state index in [4.69, 9.17) is 19.9 Å². The second-order valence-corrected chi connectivity index (χ2v) is 27.0. The summed E-state index contributed by atoms with van der Waals surface area (Å²) < 4.78 is 16.7. The van der Waals surface area contributed by atoms with Crippen LogP contribution in [0.2, 0.25) is 0 Å². The third-order valence-corrected chi connectivity index (χ3v) is 18.7. The largest absolute Gasteiger partial charge is 0.492 e. The van der Waals surface area contributed by atoms with E-state index >= 15 is 0 Å². The van der Waals surface area contributed by atoms with Crippen molar-refractivity contribution in [2.45, 2.75) is 270 Å². The van der Waals surface area contributed by atoms with Gasteiger partial charge in [-0.2, -0.15) is 0 Å². The van der Waals surface area contributed by atoms with Crippen LogP contribution >= 0.6 is 0 Å². The molecule has 21 aliphatic carbocycles. The van der Waals surface area contributed by atoms with Gasteiger partial charge in [0.05, 0.1) is 44.8 Å². The van der Waals surface area contributed by atoms with E-state index in [1.54, 1.807) is 32.6 Å². The Labute approximate surface area is 437 Å². The fourth-order valence-electron chi connectivity index (χ4n) is 16.4. The smallest absolute Gasteiger partial charge is 0.219 e. The number of allylic oxidation sites excluding steroid dienone is 1. The number of nitrogens with two attached hydrogens (primary N) is 1. The molecule has 21 aliphatic rings. The standard InChI is InChI=1S/C10H15NO2.C9H15NO2.C8H13NO2.2C7H11NO2.C7H11NO.C7H13NO/c1-7(2)13-10-4-9(5-10,6-10)11-8(3)12;1-3-12-9-4-8(5-9,6-9)10-7(2)11;1-6(10)9(2)7-3-8(11,4-7)5-7;2*1-5(9)8-6-2-7(10,3-6)4-6;1-5(9)8-7-2-6(3-7)4-7;1-2-9-7-3-6(8,4-7)5-7/h1,4-6H2,2-3H3,(H,11,12);3-6H2,1-2H3,(H,10,11);11H,3-5H2,1-2H3;2*10H,2-4H2,1H3,(H,8,9);6H,2-4H2,1H3,(H,8,9);2-5,8H2,1H3.